The summed E-state index contributed by atoms with van der Waals surface area (Å²) in [5.41, 5.74) is 0. The van der Waals surface area contributed by atoms with Crippen LogP contribution < -0.4 is 0 Å². The maximum atomic E-state index is 12.0. The fourth-order valence-electron chi connectivity index (χ4n) is 1.67. The molecule has 6 heteroatoms. The number of amides is 1. The van der Waals surface area contributed by atoms with Crippen molar-refractivity contribution in [2.45, 2.75) is 25.9 Å². The minimum atomic E-state index is -4.80. The molecule has 0 bridgehead atoms. The van der Waals surface area contributed by atoms with Crippen LogP contribution in [0.3, 0.4) is 0 Å². The molecule has 0 aromatic heterocycles. The van der Waals surface area contributed by atoms with Crippen LogP contribution in [0.15, 0.2) is 0 Å². The molecule has 0 unspecified atom stereocenters. The van der Waals surface area contributed by atoms with Crippen LogP contribution in [0, 0.1) is 5.92 Å². The van der Waals surface area contributed by atoms with Gasteiger partial charge < -0.3 is 4.90 Å². The first kappa shape index (κ1) is 12.0. The second kappa shape index (κ2) is 4.20. The van der Waals surface area contributed by atoms with Gasteiger partial charge in [0.1, 0.15) is 5.78 Å². The van der Waals surface area contributed by atoms with Gasteiger partial charge in [-0.2, -0.15) is 13.2 Å². The van der Waals surface area contributed by atoms with Crippen LogP contribution in [-0.4, -0.2) is 35.9 Å². The van der Waals surface area contributed by atoms with E-state index in [1.54, 1.807) is 0 Å². The molecule has 0 N–H and O–H groups in total. The van der Waals surface area contributed by atoms with Crippen LogP contribution in [-0.2, 0) is 9.59 Å². The Labute approximate surface area is 85.2 Å². The normalized spacial score (nSPS) is 19.1. The number of ketones is 1. The van der Waals surface area contributed by atoms with E-state index in [2.05, 4.69) is 0 Å². The first-order valence-corrected chi connectivity index (χ1v) is 4.69. The number of hydrogen-bond acceptors (Lipinski definition) is 2. The quantitative estimate of drug-likeness (QED) is 0.673. The van der Waals surface area contributed by atoms with Crippen LogP contribution >= 0.6 is 0 Å². The molecule has 3 nitrogen and oxygen atoms in total. The number of carbonyl (C=O) groups is 2. The summed E-state index contributed by atoms with van der Waals surface area (Å²) in [7, 11) is 0. The summed E-state index contributed by atoms with van der Waals surface area (Å²) >= 11 is 0. The second-order valence-corrected chi connectivity index (χ2v) is 3.67. The summed E-state index contributed by atoms with van der Waals surface area (Å²) in [5, 5.41) is 0. The van der Waals surface area contributed by atoms with Crippen molar-refractivity contribution >= 4 is 11.7 Å². The highest BCUT2D eigenvalue weighted by atomic mass is 19.4. The summed E-state index contributed by atoms with van der Waals surface area (Å²) in [6.45, 7) is 1.46. The van der Waals surface area contributed by atoms with Gasteiger partial charge in [0.15, 0.2) is 0 Å². The molecule has 1 aliphatic rings. The Morgan fingerprint density at radius 2 is 1.67 bits per heavy atom. The SMILES string of the molecule is CC(=O)C1CCN(C(=O)C(F)(F)F)CC1. The van der Waals surface area contributed by atoms with Crippen LogP contribution in [0.2, 0.25) is 0 Å². The van der Waals surface area contributed by atoms with E-state index in [0.717, 1.165) is 4.90 Å². The zero-order valence-electron chi connectivity index (χ0n) is 8.30. The number of alkyl halides is 3. The topological polar surface area (TPSA) is 37.4 Å². The Bertz CT molecular complexity index is 267. The molecule has 0 spiro atoms. The molecule has 0 aromatic rings. The monoisotopic (exact) mass is 223 g/mol. The van der Waals surface area contributed by atoms with E-state index in [-0.39, 0.29) is 24.8 Å². The number of carbonyl (C=O) groups excluding carboxylic acids is 2. The number of Topliss-reactive ketones (excluding diaryl/α,β-unsaturated/α-hetero) is 1. The number of likely N-dealkylation sites (tertiary alicyclic amines) is 1. The summed E-state index contributed by atoms with van der Waals surface area (Å²) in [6.07, 6.45) is -4.14. The number of halogens is 3. The lowest BCUT2D eigenvalue weighted by Crippen LogP contribution is -2.46. The van der Waals surface area contributed by atoms with E-state index in [0.29, 0.717) is 12.8 Å². The summed E-state index contributed by atoms with van der Waals surface area (Å²) in [4.78, 5) is 22.5. The Morgan fingerprint density at radius 3 is 2.00 bits per heavy atom. The molecule has 1 heterocycles. The first-order valence-electron chi connectivity index (χ1n) is 4.69. The van der Waals surface area contributed by atoms with Crippen molar-refractivity contribution in [3.05, 3.63) is 0 Å². The first-order chi connectivity index (χ1) is 6.82. The summed E-state index contributed by atoms with van der Waals surface area (Å²) in [6, 6.07) is 0. The molecule has 0 aromatic carbocycles. The van der Waals surface area contributed by atoms with E-state index in [1.807, 2.05) is 0 Å². The lowest BCUT2D eigenvalue weighted by Gasteiger charge is -2.31. The Hall–Kier alpha value is -1.07. The Kier molecular flexibility index (Phi) is 3.36. The highest BCUT2D eigenvalue weighted by molar-refractivity contribution is 5.82. The zero-order valence-corrected chi connectivity index (χ0v) is 8.30. The predicted molar refractivity (Wildman–Crippen MR) is 46.0 cm³/mol. The van der Waals surface area contributed by atoms with Gasteiger partial charge in [-0.15, -0.1) is 0 Å². The number of rotatable bonds is 1. The maximum Gasteiger partial charge on any atom is 0.471 e. The molecular formula is C9H12F3NO2. The van der Waals surface area contributed by atoms with Crippen LogP contribution in [0.4, 0.5) is 13.2 Å². The third-order valence-electron chi connectivity index (χ3n) is 2.60. The highest BCUT2D eigenvalue weighted by Crippen LogP contribution is 2.24. The van der Waals surface area contributed by atoms with Crippen molar-refractivity contribution in [1.82, 2.24) is 4.90 Å². The van der Waals surface area contributed by atoms with Crippen molar-refractivity contribution in [2.24, 2.45) is 5.92 Å². The van der Waals surface area contributed by atoms with Gasteiger partial charge in [0.25, 0.3) is 0 Å². The van der Waals surface area contributed by atoms with Crippen molar-refractivity contribution in [1.29, 1.82) is 0 Å². The van der Waals surface area contributed by atoms with Gasteiger partial charge in [-0.1, -0.05) is 0 Å². The molecule has 1 rings (SSSR count). The molecule has 15 heavy (non-hydrogen) atoms. The number of nitrogens with zero attached hydrogens (tertiary/aromatic N) is 1. The molecule has 0 aliphatic carbocycles. The molecule has 1 saturated heterocycles. The average Bonchev–Trinajstić information content (AvgIpc) is 2.15. The molecular weight excluding hydrogens is 211 g/mol. The van der Waals surface area contributed by atoms with Crippen molar-refractivity contribution in [3.8, 4) is 0 Å². The fraction of sp³-hybridized carbons (Fsp3) is 0.778. The molecule has 0 saturated carbocycles. The maximum absolute atomic E-state index is 12.0. The smallest absolute Gasteiger partial charge is 0.335 e. The Balaban J connectivity index is 2.51. The molecule has 1 amide bonds. The minimum absolute atomic E-state index is 0.0165. The molecule has 0 radical (unpaired) electrons. The van der Waals surface area contributed by atoms with Crippen molar-refractivity contribution < 1.29 is 22.8 Å². The molecule has 1 aliphatic heterocycles. The summed E-state index contributed by atoms with van der Waals surface area (Å²) in [5.74, 6) is -2.01. The van der Waals surface area contributed by atoms with Gasteiger partial charge in [0.2, 0.25) is 0 Å². The molecule has 0 atom stereocenters. The largest absolute Gasteiger partial charge is 0.471 e. The van der Waals surface area contributed by atoms with E-state index >= 15 is 0 Å². The minimum Gasteiger partial charge on any atom is -0.335 e. The van der Waals surface area contributed by atoms with Gasteiger partial charge in [0.05, 0.1) is 0 Å². The Morgan fingerprint density at radius 1 is 1.20 bits per heavy atom. The highest BCUT2D eigenvalue weighted by Gasteiger charge is 2.43. The van der Waals surface area contributed by atoms with Crippen LogP contribution in [0.25, 0.3) is 0 Å². The predicted octanol–water partition coefficient (Wildman–Crippen LogP) is 1.38. The van der Waals surface area contributed by atoms with Gasteiger partial charge in [-0.05, 0) is 19.8 Å². The van der Waals surface area contributed by atoms with E-state index in [9.17, 15) is 22.8 Å². The van der Waals surface area contributed by atoms with Crippen LogP contribution in [0.1, 0.15) is 19.8 Å². The lowest BCUT2D eigenvalue weighted by atomic mass is 9.93. The second-order valence-electron chi connectivity index (χ2n) is 3.67. The summed E-state index contributed by atoms with van der Waals surface area (Å²) < 4.78 is 36.1. The van der Waals surface area contributed by atoms with Gasteiger partial charge >= 0.3 is 12.1 Å². The third kappa shape index (κ3) is 2.94. The molecule has 86 valence electrons. The third-order valence-corrected chi connectivity index (χ3v) is 2.60. The number of hydrogen-bond donors (Lipinski definition) is 0. The fourth-order valence-corrected chi connectivity index (χ4v) is 1.67. The van der Waals surface area contributed by atoms with E-state index < -0.39 is 12.1 Å². The zero-order chi connectivity index (χ0) is 11.6. The van der Waals surface area contributed by atoms with E-state index in [1.165, 1.54) is 6.92 Å². The van der Waals surface area contributed by atoms with Gasteiger partial charge in [0, 0.05) is 19.0 Å². The van der Waals surface area contributed by atoms with Gasteiger partial charge in [-0.25, -0.2) is 0 Å². The van der Waals surface area contributed by atoms with E-state index in [4.69, 9.17) is 0 Å². The van der Waals surface area contributed by atoms with Crippen LogP contribution in [0.5, 0.6) is 0 Å². The van der Waals surface area contributed by atoms with Gasteiger partial charge in [-0.3, -0.25) is 9.59 Å². The molecule has 1 fully saturated rings. The van der Waals surface area contributed by atoms with Crippen molar-refractivity contribution in [3.63, 3.8) is 0 Å². The lowest BCUT2D eigenvalue weighted by molar-refractivity contribution is -0.186. The standard InChI is InChI=1S/C9H12F3NO2/c1-6(14)7-2-4-13(5-3-7)8(15)9(10,11)12/h7H,2-5H2,1H3. The number of piperidine rings is 1. The van der Waals surface area contributed by atoms with Crippen molar-refractivity contribution in [2.75, 3.05) is 13.1 Å². The average molecular weight is 223 g/mol.